The van der Waals surface area contributed by atoms with Crippen LogP contribution < -0.4 is 10.6 Å². The van der Waals surface area contributed by atoms with Gasteiger partial charge in [-0.05, 0) is 65.6 Å². The highest BCUT2D eigenvalue weighted by atomic mass is 127. The first kappa shape index (κ1) is 22.9. The van der Waals surface area contributed by atoms with E-state index in [1.54, 1.807) is 7.11 Å². The fourth-order valence-electron chi connectivity index (χ4n) is 2.66. The van der Waals surface area contributed by atoms with Crippen molar-refractivity contribution in [1.29, 1.82) is 0 Å². The molecular weight excluding hydrogens is 403 g/mol. The molecule has 0 unspecified atom stereocenters. The summed E-state index contributed by atoms with van der Waals surface area (Å²) in [7, 11) is 1.73. The van der Waals surface area contributed by atoms with Crippen LogP contribution in [0.1, 0.15) is 47.0 Å². The van der Waals surface area contributed by atoms with Crippen LogP contribution in [0.5, 0.6) is 0 Å². The number of likely N-dealkylation sites (tertiary alicyclic amines) is 1. The van der Waals surface area contributed by atoms with E-state index in [-0.39, 0.29) is 29.6 Å². The van der Waals surface area contributed by atoms with E-state index in [4.69, 9.17) is 4.74 Å². The van der Waals surface area contributed by atoms with E-state index in [9.17, 15) is 0 Å². The van der Waals surface area contributed by atoms with Crippen molar-refractivity contribution in [1.82, 2.24) is 15.5 Å². The summed E-state index contributed by atoms with van der Waals surface area (Å²) in [6.45, 7) is 14.7. The zero-order chi connectivity index (χ0) is 16.4. The zero-order valence-electron chi connectivity index (χ0n) is 15.7. The second-order valence-corrected chi connectivity index (χ2v) is 6.75. The Labute approximate surface area is 160 Å². The van der Waals surface area contributed by atoms with Gasteiger partial charge in [-0.2, -0.15) is 0 Å². The monoisotopic (exact) mass is 440 g/mol. The number of hydrogen-bond donors (Lipinski definition) is 2. The molecule has 1 fully saturated rings. The maximum Gasteiger partial charge on any atom is 0.191 e. The van der Waals surface area contributed by atoms with E-state index in [1.807, 2.05) is 0 Å². The van der Waals surface area contributed by atoms with Gasteiger partial charge in [0.15, 0.2) is 5.96 Å². The molecule has 1 saturated heterocycles. The number of rotatable bonds is 8. The lowest BCUT2D eigenvalue weighted by atomic mass is 9.93. The maximum absolute atomic E-state index is 5.42. The van der Waals surface area contributed by atoms with Crippen LogP contribution in [0.2, 0.25) is 0 Å². The van der Waals surface area contributed by atoms with Crippen molar-refractivity contribution < 1.29 is 4.74 Å². The van der Waals surface area contributed by atoms with Crippen LogP contribution in [-0.2, 0) is 4.74 Å². The van der Waals surface area contributed by atoms with Gasteiger partial charge in [0.1, 0.15) is 0 Å². The second-order valence-electron chi connectivity index (χ2n) is 6.75. The van der Waals surface area contributed by atoms with Gasteiger partial charge in [-0.25, -0.2) is 0 Å². The zero-order valence-corrected chi connectivity index (χ0v) is 18.0. The summed E-state index contributed by atoms with van der Waals surface area (Å²) < 4.78 is 5.42. The number of nitrogens with zero attached hydrogens (tertiary/aromatic N) is 2. The minimum absolute atomic E-state index is 0. The highest BCUT2D eigenvalue weighted by Gasteiger charge is 2.18. The largest absolute Gasteiger partial charge is 0.377 e. The molecule has 23 heavy (non-hydrogen) atoms. The van der Waals surface area contributed by atoms with Crippen molar-refractivity contribution in [3.05, 3.63) is 0 Å². The molecule has 0 aromatic rings. The Morgan fingerprint density at radius 1 is 1.22 bits per heavy atom. The second kappa shape index (κ2) is 12.3. The van der Waals surface area contributed by atoms with Gasteiger partial charge in [0.2, 0.25) is 0 Å². The molecule has 0 saturated carbocycles. The molecule has 5 nitrogen and oxygen atoms in total. The molecule has 1 rings (SSSR count). The number of halogens is 1. The lowest BCUT2D eigenvalue weighted by Crippen LogP contribution is -2.40. The van der Waals surface area contributed by atoms with Crippen LogP contribution in [0.4, 0.5) is 0 Å². The number of guanidine groups is 1. The van der Waals surface area contributed by atoms with Gasteiger partial charge < -0.3 is 20.3 Å². The van der Waals surface area contributed by atoms with E-state index in [0.29, 0.717) is 6.54 Å². The third-order valence-electron chi connectivity index (χ3n) is 4.51. The highest BCUT2D eigenvalue weighted by molar-refractivity contribution is 14.0. The van der Waals surface area contributed by atoms with Crippen molar-refractivity contribution >= 4 is 29.9 Å². The average Bonchev–Trinajstić information content (AvgIpc) is 2.53. The molecule has 6 heteroatoms. The van der Waals surface area contributed by atoms with Crippen LogP contribution in [0.25, 0.3) is 0 Å². The Kier molecular flexibility index (Phi) is 12.3. The summed E-state index contributed by atoms with van der Waals surface area (Å²) in [5.74, 6) is 1.76. The molecule has 0 radical (unpaired) electrons. The van der Waals surface area contributed by atoms with E-state index in [0.717, 1.165) is 25.0 Å². The molecule has 0 spiro atoms. The topological polar surface area (TPSA) is 48.9 Å². The average molecular weight is 440 g/mol. The summed E-state index contributed by atoms with van der Waals surface area (Å²) in [6, 6.07) is 0. The Hall–Kier alpha value is -0.0800. The summed E-state index contributed by atoms with van der Waals surface area (Å²) >= 11 is 0. The number of aliphatic imine (C=N–C) groups is 1. The van der Waals surface area contributed by atoms with Gasteiger partial charge >= 0.3 is 0 Å². The smallest absolute Gasteiger partial charge is 0.191 e. The molecule has 0 aromatic carbocycles. The van der Waals surface area contributed by atoms with E-state index >= 15 is 0 Å². The molecule has 0 bridgehead atoms. The fraction of sp³-hybridized carbons (Fsp3) is 0.941. The van der Waals surface area contributed by atoms with E-state index in [1.165, 1.54) is 38.9 Å². The molecule has 0 aromatic heterocycles. The number of nitrogens with one attached hydrogen (secondary N) is 2. The first-order chi connectivity index (χ1) is 10.5. The van der Waals surface area contributed by atoms with Crippen LogP contribution in [0.15, 0.2) is 4.99 Å². The van der Waals surface area contributed by atoms with Crippen molar-refractivity contribution in [2.75, 3.05) is 46.4 Å². The summed E-state index contributed by atoms with van der Waals surface area (Å²) in [5.41, 5.74) is -0.213. The Bertz CT molecular complexity index is 329. The van der Waals surface area contributed by atoms with Gasteiger partial charge in [0.05, 0.1) is 12.1 Å². The van der Waals surface area contributed by atoms with Crippen LogP contribution >= 0.6 is 24.0 Å². The Morgan fingerprint density at radius 2 is 1.87 bits per heavy atom. The number of hydrogen-bond acceptors (Lipinski definition) is 3. The predicted molar refractivity (Wildman–Crippen MR) is 110 cm³/mol. The normalized spacial score (nSPS) is 17.7. The molecule has 1 heterocycles. The highest BCUT2D eigenvalue weighted by Crippen LogP contribution is 2.19. The number of methoxy groups -OCH3 is 1. The maximum atomic E-state index is 5.42. The molecule has 138 valence electrons. The Balaban J connectivity index is 0.00000484. The molecule has 1 aliphatic heterocycles. The minimum Gasteiger partial charge on any atom is -0.377 e. The molecule has 1 aliphatic rings. The number of ether oxygens (including phenoxy) is 1. The van der Waals surface area contributed by atoms with Crippen molar-refractivity contribution in [3.8, 4) is 0 Å². The van der Waals surface area contributed by atoms with Gasteiger partial charge in [0.25, 0.3) is 0 Å². The summed E-state index contributed by atoms with van der Waals surface area (Å²) in [5, 5.41) is 6.77. The van der Waals surface area contributed by atoms with Crippen molar-refractivity contribution in [2.45, 2.75) is 52.6 Å². The molecule has 0 aliphatic carbocycles. The standard InChI is InChI=1S/C17H36N4O.HI/c1-6-18-16(20-14-17(3,4)22-5)19-11-8-15-9-12-21(7-2)13-10-15;/h15H,6-14H2,1-5H3,(H2,18,19,20);1H. The lowest BCUT2D eigenvalue weighted by Gasteiger charge is -2.31. The van der Waals surface area contributed by atoms with Crippen LogP contribution in [-0.4, -0.2) is 62.8 Å². The first-order valence-corrected chi connectivity index (χ1v) is 8.80. The molecule has 0 amide bonds. The first-order valence-electron chi connectivity index (χ1n) is 8.80. The lowest BCUT2D eigenvalue weighted by molar-refractivity contribution is 0.0310. The quantitative estimate of drug-likeness (QED) is 0.346. The molecule has 2 N–H and O–H groups in total. The van der Waals surface area contributed by atoms with E-state index < -0.39 is 0 Å². The summed E-state index contributed by atoms with van der Waals surface area (Å²) in [6.07, 6.45) is 3.90. The van der Waals surface area contributed by atoms with Gasteiger partial charge in [-0.15, -0.1) is 24.0 Å². The third-order valence-corrected chi connectivity index (χ3v) is 4.51. The van der Waals surface area contributed by atoms with Crippen molar-refractivity contribution in [2.24, 2.45) is 10.9 Å². The Morgan fingerprint density at radius 3 is 2.39 bits per heavy atom. The van der Waals surface area contributed by atoms with Crippen molar-refractivity contribution in [3.63, 3.8) is 0 Å². The SMILES string of the molecule is CCNC(=NCC(C)(C)OC)NCCC1CCN(CC)CC1.I. The van der Waals surface area contributed by atoms with Gasteiger partial charge in [-0.3, -0.25) is 4.99 Å². The van der Waals surface area contributed by atoms with E-state index in [2.05, 4.69) is 48.2 Å². The fourth-order valence-corrected chi connectivity index (χ4v) is 2.66. The van der Waals surface area contributed by atoms with Crippen LogP contribution in [0.3, 0.4) is 0 Å². The summed E-state index contributed by atoms with van der Waals surface area (Å²) in [4.78, 5) is 7.17. The van der Waals surface area contributed by atoms with Gasteiger partial charge in [-0.1, -0.05) is 6.92 Å². The molecular formula is C17H37IN4O. The number of piperidine rings is 1. The molecule has 0 atom stereocenters. The minimum atomic E-state index is -0.213. The van der Waals surface area contributed by atoms with Crippen LogP contribution in [0, 0.1) is 5.92 Å². The third kappa shape index (κ3) is 9.72. The predicted octanol–water partition coefficient (Wildman–Crippen LogP) is 2.71. The van der Waals surface area contributed by atoms with Gasteiger partial charge in [0, 0.05) is 20.2 Å².